The largest absolute Gasteiger partial charge is 0.285 e. The highest BCUT2D eigenvalue weighted by molar-refractivity contribution is 6.08. The van der Waals surface area contributed by atoms with Crippen LogP contribution in [-0.2, 0) is 0 Å². The molecule has 0 aromatic heterocycles. The molecule has 0 saturated carbocycles. The summed E-state index contributed by atoms with van der Waals surface area (Å²) < 4.78 is 0. The van der Waals surface area contributed by atoms with Crippen LogP contribution in [0.5, 0.6) is 0 Å². The van der Waals surface area contributed by atoms with Crippen molar-refractivity contribution in [2.75, 3.05) is 6.54 Å². The number of hydrogen-bond donors (Lipinski definition) is 0. The zero-order valence-electron chi connectivity index (χ0n) is 8.65. The van der Waals surface area contributed by atoms with Gasteiger partial charge in [-0.15, -0.1) is 0 Å². The average Bonchev–Trinajstić information content (AvgIpc) is 2.01. The van der Waals surface area contributed by atoms with Gasteiger partial charge in [0.15, 0.2) is 0 Å². The zero-order valence-corrected chi connectivity index (χ0v) is 8.65. The summed E-state index contributed by atoms with van der Waals surface area (Å²) in [6.07, 6.45) is 3.07. The Morgan fingerprint density at radius 2 is 1.92 bits per heavy atom. The van der Waals surface area contributed by atoms with E-state index in [9.17, 15) is 0 Å². The molecule has 0 atom stereocenters. The number of hydrogen-bond acceptors (Lipinski definition) is 1. The van der Waals surface area contributed by atoms with Crippen LogP contribution < -0.4 is 0 Å². The Morgan fingerprint density at radius 1 is 1.33 bits per heavy atom. The molecule has 0 heterocycles. The second-order valence-electron chi connectivity index (χ2n) is 3.04. The maximum absolute atomic E-state index is 4.38. The van der Waals surface area contributed by atoms with Crippen LogP contribution >= 0.6 is 0 Å². The van der Waals surface area contributed by atoms with E-state index in [0.29, 0.717) is 0 Å². The van der Waals surface area contributed by atoms with Crippen LogP contribution in [0.15, 0.2) is 28.8 Å². The summed E-state index contributed by atoms with van der Waals surface area (Å²) in [5.41, 5.74) is 3.45. The Balaban J connectivity index is 4.57. The molecule has 0 spiro atoms. The van der Waals surface area contributed by atoms with Crippen LogP contribution in [0.1, 0.15) is 34.1 Å². The molecule has 0 radical (unpaired) electrons. The third kappa shape index (κ3) is 4.12. The second-order valence-corrected chi connectivity index (χ2v) is 3.04. The molecule has 0 aliphatic heterocycles. The lowest BCUT2D eigenvalue weighted by Crippen LogP contribution is -1.98. The fourth-order valence-corrected chi connectivity index (χ4v) is 0.884. The number of rotatable bonds is 4. The van der Waals surface area contributed by atoms with Gasteiger partial charge >= 0.3 is 0 Å². The third-order valence-electron chi connectivity index (χ3n) is 1.54. The van der Waals surface area contributed by atoms with Crippen molar-refractivity contribution < 1.29 is 0 Å². The Bertz CT molecular complexity index is 205. The van der Waals surface area contributed by atoms with Crippen LogP contribution in [0.3, 0.4) is 0 Å². The maximum Gasteiger partial charge on any atom is 0.0599 e. The van der Waals surface area contributed by atoms with Gasteiger partial charge in [0.2, 0.25) is 0 Å². The summed E-state index contributed by atoms with van der Waals surface area (Å²) >= 11 is 0. The SMILES string of the molecule is C=C(CC)C(C=C(C)C)=NCC. The molecular weight excluding hydrogens is 146 g/mol. The molecule has 0 aliphatic rings. The zero-order chi connectivity index (χ0) is 9.56. The standard InChI is InChI=1S/C11H19N/c1-6-10(5)11(12-7-2)8-9(3)4/h8H,5-7H2,1-4H3. The summed E-state index contributed by atoms with van der Waals surface area (Å²) in [6, 6.07) is 0. The van der Waals surface area contributed by atoms with E-state index in [1.54, 1.807) is 0 Å². The van der Waals surface area contributed by atoms with Crippen molar-refractivity contribution in [3.8, 4) is 0 Å². The monoisotopic (exact) mass is 165 g/mol. The van der Waals surface area contributed by atoms with E-state index in [0.717, 1.165) is 24.3 Å². The first-order chi connectivity index (χ1) is 5.61. The first-order valence-electron chi connectivity index (χ1n) is 4.49. The van der Waals surface area contributed by atoms with E-state index in [1.165, 1.54) is 5.57 Å². The van der Waals surface area contributed by atoms with E-state index in [-0.39, 0.29) is 0 Å². The van der Waals surface area contributed by atoms with E-state index in [1.807, 2.05) is 6.92 Å². The quantitative estimate of drug-likeness (QED) is 0.566. The molecule has 12 heavy (non-hydrogen) atoms. The number of allylic oxidation sites excluding steroid dienone is 3. The topological polar surface area (TPSA) is 12.4 Å². The van der Waals surface area contributed by atoms with E-state index >= 15 is 0 Å². The van der Waals surface area contributed by atoms with Crippen molar-refractivity contribution in [3.63, 3.8) is 0 Å². The summed E-state index contributed by atoms with van der Waals surface area (Å²) in [5, 5.41) is 0. The summed E-state index contributed by atoms with van der Waals surface area (Å²) in [7, 11) is 0. The van der Waals surface area contributed by atoms with Gasteiger partial charge in [0.25, 0.3) is 0 Å². The van der Waals surface area contributed by atoms with Crippen molar-refractivity contribution >= 4 is 5.71 Å². The van der Waals surface area contributed by atoms with Crippen LogP contribution in [0.25, 0.3) is 0 Å². The minimum Gasteiger partial charge on any atom is -0.285 e. The van der Waals surface area contributed by atoms with E-state index in [4.69, 9.17) is 0 Å². The van der Waals surface area contributed by atoms with Crippen LogP contribution in [-0.4, -0.2) is 12.3 Å². The highest BCUT2D eigenvalue weighted by Gasteiger charge is 1.97. The fraction of sp³-hybridized carbons (Fsp3) is 0.545. The fourth-order valence-electron chi connectivity index (χ4n) is 0.884. The van der Waals surface area contributed by atoms with Crippen LogP contribution in [0, 0.1) is 0 Å². The first kappa shape index (κ1) is 11.2. The highest BCUT2D eigenvalue weighted by Crippen LogP contribution is 2.04. The molecule has 1 heteroatoms. The van der Waals surface area contributed by atoms with Gasteiger partial charge in [-0.3, -0.25) is 4.99 Å². The number of nitrogens with zero attached hydrogens (tertiary/aromatic N) is 1. The smallest absolute Gasteiger partial charge is 0.0599 e. The Kier molecular flexibility index (Phi) is 5.35. The molecule has 0 saturated heterocycles. The molecule has 0 N–H and O–H groups in total. The van der Waals surface area contributed by atoms with Crippen molar-refractivity contribution in [3.05, 3.63) is 23.8 Å². The summed E-state index contributed by atoms with van der Waals surface area (Å²) in [6.45, 7) is 13.1. The molecule has 0 aromatic carbocycles. The van der Waals surface area contributed by atoms with Gasteiger partial charge < -0.3 is 0 Å². The molecule has 68 valence electrons. The lowest BCUT2D eigenvalue weighted by molar-refractivity contribution is 1.11. The molecule has 0 aromatic rings. The van der Waals surface area contributed by atoms with Gasteiger partial charge in [0.1, 0.15) is 0 Å². The highest BCUT2D eigenvalue weighted by atomic mass is 14.7. The lowest BCUT2D eigenvalue weighted by Gasteiger charge is -2.02. The third-order valence-corrected chi connectivity index (χ3v) is 1.54. The molecule has 0 bridgehead atoms. The molecular formula is C11H19N. The predicted molar refractivity (Wildman–Crippen MR) is 56.8 cm³/mol. The van der Waals surface area contributed by atoms with Gasteiger partial charge in [-0.05, 0) is 38.8 Å². The van der Waals surface area contributed by atoms with Crippen LogP contribution in [0.4, 0.5) is 0 Å². The predicted octanol–water partition coefficient (Wildman–Crippen LogP) is 3.38. The second kappa shape index (κ2) is 5.76. The summed E-state index contributed by atoms with van der Waals surface area (Å²) in [5.74, 6) is 0. The summed E-state index contributed by atoms with van der Waals surface area (Å²) in [4.78, 5) is 4.38. The number of aliphatic imine (C=N–C) groups is 1. The molecule has 0 unspecified atom stereocenters. The Morgan fingerprint density at radius 3 is 2.25 bits per heavy atom. The minimum atomic E-state index is 0.831. The lowest BCUT2D eigenvalue weighted by atomic mass is 10.1. The Labute approximate surface area is 75.9 Å². The van der Waals surface area contributed by atoms with Crippen molar-refractivity contribution in [1.29, 1.82) is 0 Å². The van der Waals surface area contributed by atoms with E-state index < -0.39 is 0 Å². The average molecular weight is 165 g/mol. The molecule has 0 aliphatic carbocycles. The van der Waals surface area contributed by atoms with Gasteiger partial charge in [0, 0.05) is 6.54 Å². The molecule has 0 rings (SSSR count). The molecule has 0 amide bonds. The Hall–Kier alpha value is -0.850. The normalized spacial score (nSPS) is 11.2. The van der Waals surface area contributed by atoms with Gasteiger partial charge in [-0.1, -0.05) is 19.1 Å². The molecule has 1 nitrogen and oxygen atoms in total. The van der Waals surface area contributed by atoms with Crippen molar-refractivity contribution in [2.45, 2.75) is 34.1 Å². The van der Waals surface area contributed by atoms with Gasteiger partial charge in [-0.25, -0.2) is 0 Å². The minimum absolute atomic E-state index is 0.831. The van der Waals surface area contributed by atoms with Gasteiger partial charge in [0.05, 0.1) is 5.71 Å². The van der Waals surface area contributed by atoms with Crippen molar-refractivity contribution in [2.24, 2.45) is 4.99 Å². The van der Waals surface area contributed by atoms with Crippen LogP contribution in [0.2, 0.25) is 0 Å². The van der Waals surface area contributed by atoms with Gasteiger partial charge in [-0.2, -0.15) is 0 Å². The van der Waals surface area contributed by atoms with E-state index in [2.05, 4.69) is 38.4 Å². The maximum atomic E-state index is 4.38. The van der Waals surface area contributed by atoms with Crippen molar-refractivity contribution in [1.82, 2.24) is 0 Å². The molecule has 0 fully saturated rings. The first-order valence-corrected chi connectivity index (χ1v) is 4.49.